The number of rotatable bonds is 4. The topological polar surface area (TPSA) is 0 Å². The summed E-state index contributed by atoms with van der Waals surface area (Å²) in [6.07, 6.45) is 6.00. The van der Waals surface area contributed by atoms with Crippen molar-refractivity contribution in [3.63, 3.8) is 0 Å². The number of hydrogen-bond donors (Lipinski definition) is 0. The van der Waals surface area contributed by atoms with Gasteiger partial charge in [0.25, 0.3) is 0 Å². The predicted molar refractivity (Wildman–Crippen MR) is 148 cm³/mol. The fraction of sp³-hybridized carbons (Fsp3) is 0.250. The Morgan fingerprint density at radius 2 is 1.61 bits per heavy atom. The Bertz CT molecular complexity index is 1330. The van der Waals surface area contributed by atoms with Gasteiger partial charge in [-0.2, -0.15) is 0 Å². The van der Waals surface area contributed by atoms with Gasteiger partial charge in [0.15, 0.2) is 0 Å². The Labute approximate surface area is 202 Å². The molecule has 0 radical (unpaired) electrons. The minimum absolute atomic E-state index is 0.332. The van der Waals surface area contributed by atoms with Crippen LogP contribution in [0.5, 0.6) is 0 Å². The zero-order valence-corrected chi connectivity index (χ0v) is 22.8. The van der Waals surface area contributed by atoms with Crippen molar-refractivity contribution >= 4 is 27.1 Å². The third kappa shape index (κ3) is 3.50. The summed E-state index contributed by atoms with van der Waals surface area (Å²) < 4.78 is 0. The van der Waals surface area contributed by atoms with E-state index in [0.717, 1.165) is 16.7 Å². The average Bonchev–Trinajstić information content (AvgIpc) is 3.32. The molecule has 0 N–H and O–H groups in total. The first kappa shape index (κ1) is 21.9. The zero-order valence-electron chi connectivity index (χ0n) is 20.8. The zero-order chi connectivity index (χ0) is 23.3. The van der Waals surface area contributed by atoms with Crippen molar-refractivity contribution in [3.8, 4) is 11.1 Å². The molecule has 0 spiro atoms. The van der Waals surface area contributed by atoms with Crippen LogP contribution in [0.3, 0.4) is 0 Å². The minimum atomic E-state index is 0.332. The number of allylic oxidation sites excluding steroid dienone is 5. The molecular weight excluding hydrogens is 412 g/mol. The first-order chi connectivity index (χ1) is 15.9. The maximum Gasteiger partial charge on any atom is 0.0388 e. The van der Waals surface area contributed by atoms with Gasteiger partial charge in [-0.15, -0.1) is 0 Å². The van der Waals surface area contributed by atoms with E-state index >= 15 is 0 Å². The molecule has 166 valence electrons. The van der Waals surface area contributed by atoms with Gasteiger partial charge >= 0.3 is 0 Å². The lowest BCUT2D eigenvalue weighted by Gasteiger charge is -2.26. The van der Waals surface area contributed by atoms with Gasteiger partial charge in [-0.3, -0.25) is 0 Å². The largest absolute Gasteiger partial charge is 0.0740 e. The van der Waals surface area contributed by atoms with Gasteiger partial charge in [0.05, 0.1) is 0 Å². The van der Waals surface area contributed by atoms with Crippen molar-refractivity contribution in [1.29, 1.82) is 0 Å². The van der Waals surface area contributed by atoms with Gasteiger partial charge < -0.3 is 0 Å². The molecule has 2 unspecified atom stereocenters. The summed E-state index contributed by atoms with van der Waals surface area (Å²) in [5.74, 6) is 0.800. The summed E-state index contributed by atoms with van der Waals surface area (Å²) in [6, 6.07) is 22.6. The second-order valence-electron chi connectivity index (χ2n) is 9.83. The molecule has 0 nitrogen and oxygen atoms in total. The number of benzene rings is 3. The molecule has 0 saturated heterocycles. The molecule has 2 aliphatic carbocycles. The highest BCUT2D eigenvalue weighted by molar-refractivity contribution is 6.33. The van der Waals surface area contributed by atoms with Crippen LogP contribution in [0.15, 0.2) is 83.5 Å². The minimum Gasteiger partial charge on any atom is -0.0740 e. The maximum atomic E-state index is 2.48. The van der Waals surface area contributed by atoms with Crippen LogP contribution in [0.25, 0.3) is 22.8 Å². The lowest BCUT2D eigenvalue weighted by atomic mass is 9.78. The van der Waals surface area contributed by atoms with Crippen LogP contribution in [-0.4, -0.2) is 10.2 Å². The van der Waals surface area contributed by atoms with E-state index in [9.17, 15) is 0 Å². The number of fused-ring (bicyclic) bond motifs is 1. The molecule has 2 atom stereocenters. The first-order valence-corrected chi connectivity index (χ1v) is 13.3. The van der Waals surface area contributed by atoms with Crippen LogP contribution < -0.4 is 5.19 Å². The van der Waals surface area contributed by atoms with Crippen LogP contribution in [0.1, 0.15) is 67.9 Å². The highest BCUT2D eigenvalue weighted by Gasteiger charge is 2.32. The van der Waals surface area contributed by atoms with E-state index in [-0.39, 0.29) is 0 Å². The molecule has 1 heteroatoms. The van der Waals surface area contributed by atoms with Crippen LogP contribution >= 0.6 is 0 Å². The molecule has 2 aliphatic rings. The van der Waals surface area contributed by atoms with E-state index < -0.39 is 0 Å². The first-order valence-electron chi connectivity index (χ1n) is 12.3. The summed E-state index contributed by atoms with van der Waals surface area (Å²) in [5, 5.41) is 1.52. The summed E-state index contributed by atoms with van der Waals surface area (Å²) in [4.78, 5) is 0. The predicted octanol–water partition coefficient (Wildman–Crippen LogP) is 6.96. The van der Waals surface area contributed by atoms with Gasteiger partial charge in [0, 0.05) is 22.1 Å². The summed E-state index contributed by atoms with van der Waals surface area (Å²) in [6.45, 7) is 11.6. The van der Waals surface area contributed by atoms with Crippen molar-refractivity contribution < 1.29 is 0 Å². The smallest absolute Gasteiger partial charge is 0.0388 e. The van der Waals surface area contributed by atoms with Gasteiger partial charge in [-0.25, -0.2) is 0 Å². The Morgan fingerprint density at radius 3 is 2.27 bits per heavy atom. The summed E-state index contributed by atoms with van der Waals surface area (Å²) in [5.41, 5.74) is 16.0. The third-order valence-electron chi connectivity index (χ3n) is 7.94. The quantitative estimate of drug-likeness (QED) is 0.380. The Kier molecular flexibility index (Phi) is 5.62. The van der Waals surface area contributed by atoms with Crippen molar-refractivity contribution in [2.24, 2.45) is 5.92 Å². The van der Waals surface area contributed by atoms with Crippen molar-refractivity contribution in [1.82, 2.24) is 0 Å². The third-order valence-corrected chi connectivity index (χ3v) is 9.03. The lowest BCUT2D eigenvalue weighted by Crippen LogP contribution is -2.16. The van der Waals surface area contributed by atoms with Crippen molar-refractivity contribution in [2.75, 3.05) is 0 Å². The molecule has 3 aromatic carbocycles. The molecule has 5 rings (SSSR count). The number of hydrogen-bond acceptors (Lipinski definition) is 0. The van der Waals surface area contributed by atoms with Crippen LogP contribution in [-0.2, 0) is 0 Å². The molecule has 0 saturated carbocycles. The lowest BCUT2D eigenvalue weighted by molar-refractivity contribution is 0.893. The normalized spacial score (nSPS) is 19.7. The van der Waals surface area contributed by atoms with Gasteiger partial charge in [0.1, 0.15) is 0 Å². The average molecular weight is 447 g/mol. The van der Waals surface area contributed by atoms with Gasteiger partial charge in [-0.05, 0) is 77.3 Å². The highest BCUT2D eigenvalue weighted by Crippen LogP contribution is 2.49. The molecule has 0 aromatic heterocycles. The highest BCUT2D eigenvalue weighted by atomic mass is 28.1. The van der Waals surface area contributed by atoms with E-state index in [1.54, 1.807) is 5.57 Å². The Morgan fingerprint density at radius 1 is 0.848 bits per heavy atom. The summed E-state index contributed by atoms with van der Waals surface area (Å²) in [7, 11) is 1.08. The second kappa shape index (κ2) is 8.46. The monoisotopic (exact) mass is 446 g/mol. The fourth-order valence-corrected chi connectivity index (χ4v) is 6.41. The van der Waals surface area contributed by atoms with Crippen LogP contribution in [0, 0.1) is 12.8 Å². The molecule has 0 bridgehead atoms. The summed E-state index contributed by atoms with van der Waals surface area (Å²) >= 11 is 0. The Balaban J connectivity index is 1.75. The van der Waals surface area contributed by atoms with Crippen molar-refractivity contribution in [2.45, 2.75) is 47.0 Å². The molecule has 0 amide bonds. The maximum absolute atomic E-state index is 2.48. The molecule has 0 aliphatic heterocycles. The van der Waals surface area contributed by atoms with Gasteiger partial charge in [0.2, 0.25) is 0 Å². The molecular formula is C32H34Si. The standard InChI is InChI=1S/C32H34Si/c1-6-23-18-28-25(24-11-8-7-9-12-24)13-10-14-26(28)32(23)27-15-16-29(33)22(5)31(27)30-20(3)17-19(2)21(30)4/h7-18,20,32H,6H2,1-5,33H3. The van der Waals surface area contributed by atoms with Crippen LogP contribution in [0.4, 0.5) is 0 Å². The molecule has 0 fully saturated rings. The van der Waals surface area contributed by atoms with E-state index in [0.29, 0.717) is 11.8 Å². The van der Waals surface area contributed by atoms with E-state index in [4.69, 9.17) is 0 Å². The Hall–Kier alpha value is -2.90. The van der Waals surface area contributed by atoms with E-state index in [2.05, 4.69) is 107 Å². The van der Waals surface area contributed by atoms with Gasteiger partial charge in [-0.1, -0.05) is 103 Å². The van der Waals surface area contributed by atoms with Crippen molar-refractivity contribution in [3.05, 3.63) is 111 Å². The van der Waals surface area contributed by atoms with Crippen LogP contribution in [0.2, 0.25) is 0 Å². The van der Waals surface area contributed by atoms with E-state index in [1.165, 1.54) is 60.9 Å². The fourth-order valence-electron chi connectivity index (χ4n) is 5.99. The second-order valence-corrected chi connectivity index (χ2v) is 10.9. The van der Waals surface area contributed by atoms with E-state index in [1.807, 2.05) is 0 Å². The molecule has 3 aromatic rings. The molecule has 0 heterocycles. The molecule has 33 heavy (non-hydrogen) atoms. The SMILES string of the molecule is CCC1=Cc2c(-c3ccccc3)cccc2C1c1ccc([SiH3])c(C)c1C1=C(C)C(C)=CC1C.